The van der Waals surface area contributed by atoms with Gasteiger partial charge in [0.2, 0.25) is 5.91 Å². The van der Waals surface area contributed by atoms with Crippen molar-refractivity contribution in [2.75, 3.05) is 5.32 Å². The molecule has 0 saturated heterocycles. The molecule has 2 aliphatic rings. The third-order valence-electron chi connectivity index (χ3n) is 5.78. The van der Waals surface area contributed by atoms with Crippen molar-refractivity contribution in [1.82, 2.24) is 14.3 Å². The third-order valence-corrected chi connectivity index (χ3v) is 5.78. The SMILES string of the molecule is Cc1cccc(Cn2cc3c(=O)n(CC(=O)Nc4cccc(C)c4)nc-3c3cc(F)ccc32)c1. The van der Waals surface area contributed by atoms with E-state index in [1.54, 1.807) is 18.3 Å². The van der Waals surface area contributed by atoms with Gasteiger partial charge in [0.05, 0.1) is 11.1 Å². The zero-order valence-corrected chi connectivity index (χ0v) is 18.9. The minimum absolute atomic E-state index is 0.240. The second kappa shape index (κ2) is 8.59. The van der Waals surface area contributed by atoms with Gasteiger partial charge in [-0.15, -0.1) is 0 Å². The molecule has 170 valence electrons. The van der Waals surface area contributed by atoms with E-state index in [0.717, 1.165) is 26.9 Å². The second-order valence-electron chi connectivity index (χ2n) is 8.55. The lowest BCUT2D eigenvalue weighted by atomic mass is 10.1. The first kappa shape index (κ1) is 21.6. The number of hydrogen-bond donors (Lipinski definition) is 1. The minimum Gasteiger partial charge on any atom is -0.342 e. The number of aryl methyl sites for hydroxylation is 2. The smallest absolute Gasteiger partial charge is 0.278 e. The summed E-state index contributed by atoms with van der Waals surface area (Å²) in [5.74, 6) is -0.778. The fourth-order valence-corrected chi connectivity index (χ4v) is 4.25. The zero-order valence-electron chi connectivity index (χ0n) is 18.9. The van der Waals surface area contributed by atoms with Crippen molar-refractivity contribution in [3.05, 3.63) is 106 Å². The molecular weight excluding hydrogens is 431 g/mol. The highest BCUT2D eigenvalue weighted by atomic mass is 19.1. The number of rotatable bonds is 5. The normalized spacial score (nSPS) is 11.3. The summed E-state index contributed by atoms with van der Waals surface area (Å²) in [4.78, 5) is 25.8. The third kappa shape index (κ3) is 4.20. The van der Waals surface area contributed by atoms with Crippen LogP contribution in [0, 0.1) is 19.7 Å². The van der Waals surface area contributed by atoms with Crippen LogP contribution in [0.1, 0.15) is 16.7 Å². The average molecular weight is 455 g/mol. The number of amides is 1. The molecule has 0 fully saturated rings. The summed E-state index contributed by atoms with van der Waals surface area (Å²) in [6, 6.07) is 20.0. The minimum atomic E-state index is -0.415. The Hall–Kier alpha value is -4.26. The van der Waals surface area contributed by atoms with Crippen molar-refractivity contribution in [3.63, 3.8) is 0 Å². The van der Waals surface area contributed by atoms with Crippen LogP contribution in [-0.2, 0) is 17.9 Å². The van der Waals surface area contributed by atoms with Crippen molar-refractivity contribution in [2.45, 2.75) is 26.9 Å². The van der Waals surface area contributed by atoms with Crippen LogP contribution >= 0.6 is 0 Å². The molecule has 3 aromatic rings. The summed E-state index contributed by atoms with van der Waals surface area (Å²) in [7, 11) is 0. The first-order valence-electron chi connectivity index (χ1n) is 11.0. The Kier molecular flexibility index (Phi) is 5.45. The molecule has 5 rings (SSSR count). The number of nitrogens with one attached hydrogen (secondary N) is 1. The molecule has 2 aliphatic heterocycles. The molecule has 0 bridgehead atoms. The van der Waals surface area contributed by atoms with Gasteiger partial charge in [0.1, 0.15) is 18.1 Å². The van der Waals surface area contributed by atoms with Gasteiger partial charge in [-0.3, -0.25) is 9.59 Å². The Labute approximate surface area is 195 Å². The Bertz CT molecular complexity index is 1570. The maximum Gasteiger partial charge on any atom is 0.278 e. The molecule has 1 amide bonds. The lowest BCUT2D eigenvalue weighted by molar-refractivity contribution is -0.116. The summed E-state index contributed by atoms with van der Waals surface area (Å²) in [5, 5.41) is 7.73. The van der Waals surface area contributed by atoms with E-state index in [-0.39, 0.29) is 12.5 Å². The van der Waals surface area contributed by atoms with Gasteiger partial charge in [0, 0.05) is 23.8 Å². The summed E-state index contributed by atoms with van der Waals surface area (Å²) >= 11 is 0. The standard InChI is InChI=1S/C27H23FN4O2/c1-17-5-3-7-19(11-17)14-31-15-23-26(22-13-20(28)9-10-24(22)31)30-32(27(23)34)16-25(33)29-21-8-4-6-18(2)12-21/h3-13,15H,14,16H2,1-2H3,(H,29,33). The molecule has 34 heavy (non-hydrogen) atoms. The Morgan fingerprint density at radius 1 is 1.00 bits per heavy atom. The van der Waals surface area contributed by atoms with Gasteiger partial charge in [0.25, 0.3) is 5.56 Å². The molecule has 0 atom stereocenters. The van der Waals surface area contributed by atoms with Crippen LogP contribution in [-0.4, -0.2) is 20.3 Å². The largest absolute Gasteiger partial charge is 0.342 e. The van der Waals surface area contributed by atoms with Gasteiger partial charge < -0.3 is 9.88 Å². The maximum absolute atomic E-state index is 14.2. The van der Waals surface area contributed by atoms with Gasteiger partial charge in [-0.1, -0.05) is 42.0 Å². The number of carbonyl (C=O) groups excluding carboxylic acids is 1. The average Bonchev–Trinajstić information content (AvgIpc) is 3.09. The van der Waals surface area contributed by atoms with E-state index in [0.29, 0.717) is 28.9 Å². The molecule has 0 radical (unpaired) electrons. The van der Waals surface area contributed by atoms with E-state index in [1.165, 1.54) is 12.1 Å². The molecule has 7 heteroatoms. The zero-order chi connectivity index (χ0) is 23.8. The first-order chi connectivity index (χ1) is 16.4. The van der Waals surface area contributed by atoms with E-state index < -0.39 is 11.4 Å². The summed E-state index contributed by atoms with van der Waals surface area (Å²) in [6.07, 6.45) is 1.74. The first-order valence-corrected chi connectivity index (χ1v) is 11.0. The molecule has 2 heterocycles. The van der Waals surface area contributed by atoms with Crippen molar-refractivity contribution in [3.8, 4) is 11.3 Å². The van der Waals surface area contributed by atoms with Gasteiger partial charge in [-0.2, -0.15) is 5.10 Å². The fourth-order valence-electron chi connectivity index (χ4n) is 4.25. The van der Waals surface area contributed by atoms with Crippen LogP contribution in [0.5, 0.6) is 0 Å². The van der Waals surface area contributed by atoms with Gasteiger partial charge in [0.15, 0.2) is 0 Å². The monoisotopic (exact) mass is 454 g/mol. The predicted octanol–water partition coefficient (Wildman–Crippen LogP) is 4.75. The van der Waals surface area contributed by atoms with Crippen LogP contribution in [0.4, 0.5) is 10.1 Å². The van der Waals surface area contributed by atoms with Crippen molar-refractivity contribution in [1.29, 1.82) is 0 Å². The van der Waals surface area contributed by atoms with Gasteiger partial charge >= 0.3 is 0 Å². The van der Waals surface area contributed by atoms with E-state index in [1.807, 2.05) is 54.8 Å². The number of benzene rings is 3. The lowest BCUT2D eigenvalue weighted by Gasteiger charge is -2.14. The number of carbonyl (C=O) groups is 1. The molecule has 0 aromatic heterocycles. The van der Waals surface area contributed by atoms with E-state index >= 15 is 0 Å². The highest BCUT2D eigenvalue weighted by Gasteiger charge is 2.22. The fraction of sp³-hybridized carbons (Fsp3) is 0.148. The van der Waals surface area contributed by atoms with Crippen LogP contribution in [0.3, 0.4) is 0 Å². The van der Waals surface area contributed by atoms with E-state index in [9.17, 15) is 14.0 Å². The number of aromatic nitrogens is 3. The highest BCUT2D eigenvalue weighted by molar-refractivity contribution is 5.94. The van der Waals surface area contributed by atoms with Crippen molar-refractivity contribution >= 4 is 22.5 Å². The Morgan fingerprint density at radius 3 is 2.53 bits per heavy atom. The molecule has 0 aliphatic carbocycles. The molecular formula is C27H23FN4O2. The second-order valence-corrected chi connectivity index (χ2v) is 8.55. The number of hydrogen-bond acceptors (Lipinski definition) is 3. The lowest BCUT2D eigenvalue weighted by Crippen LogP contribution is -2.26. The molecule has 6 nitrogen and oxygen atoms in total. The highest BCUT2D eigenvalue weighted by Crippen LogP contribution is 2.29. The van der Waals surface area contributed by atoms with E-state index in [2.05, 4.69) is 16.5 Å². The van der Waals surface area contributed by atoms with Crippen molar-refractivity contribution in [2.24, 2.45) is 0 Å². The molecule has 3 aromatic carbocycles. The summed E-state index contributed by atoms with van der Waals surface area (Å²) in [6.45, 7) is 4.22. The quantitative estimate of drug-likeness (QED) is 0.417. The van der Waals surface area contributed by atoms with Crippen LogP contribution < -0.4 is 10.9 Å². The topological polar surface area (TPSA) is 68.9 Å². The van der Waals surface area contributed by atoms with Crippen molar-refractivity contribution < 1.29 is 9.18 Å². The van der Waals surface area contributed by atoms with Gasteiger partial charge in [-0.25, -0.2) is 9.07 Å². The number of fused-ring (bicyclic) bond motifs is 3. The molecule has 0 spiro atoms. The predicted molar refractivity (Wildman–Crippen MR) is 131 cm³/mol. The summed E-state index contributed by atoms with van der Waals surface area (Å²) < 4.78 is 17.2. The van der Waals surface area contributed by atoms with E-state index in [4.69, 9.17) is 0 Å². The Morgan fingerprint density at radius 2 is 1.76 bits per heavy atom. The van der Waals surface area contributed by atoms with Crippen LogP contribution in [0.2, 0.25) is 0 Å². The number of pyridine rings is 1. The number of anilines is 1. The maximum atomic E-state index is 14.2. The molecule has 0 saturated carbocycles. The molecule has 1 N–H and O–H groups in total. The van der Waals surface area contributed by atoms with Crippen LogP contribution in [0.15, 0.2) is 77.7 Å². The van der Waals surface area contributed by atoms with Gasteiger partial charge in [-0.05, 0) is 55.3 Å². The van der Waals surface area contributed by atoms with Crippen LogP contribution in [0.25, 0.3) is 22.2 Å². The number of nitrogens with zero attached hydrogens (tertiary/aromatic N) is 3. The summed E-state index contributed by atoms with van der Waals surface area (Å²) in [5.41, 5.74) is 4.94. The number of halogens is 1. The molecule has 0 unspecified atom stereocenters. The Balaban J connectivity index is 1.55.